The Morgan fingerprint density at radius 1 is 2.20 bits per heavy atom. The summed E-state index contributed by atoms with van der Waals surface area (Å²) >= 11 is 1.42. The van der Waals surface area contributed by atoms with Crippen LogP contribution in [0.15, 0.2) is 0 Å². The Bertz CT molecular complexity index is 38.7. The van der Waals surface area contributed by atoms with Crippen LogP contribution in [0.2, 0.25) is 0 Å². The molecule has 31 valence electrons. The van der Waals surface area contributed by atoms with Crippen LogP contribution in [-0.4, -0.2) is 0 Å². The fourth-order valence-corrected chi connectivity index (χ4v) is 0. The van der Waals surface area contributed by atoms with Crippen molar-refractivity contribution >= 4 is 27.9 Å². The summed E-state index contributed by atoms with van der Waals surface area (Å²) in [7, 11) is 0. The van der Waals surface area contributed by atoms with E-state index in [1.165, 1.54) is 22.0 Å². The van der Waals surface area contributed by atoms with Crippen molar-refractivity contribution in [3.8, 4) is 0 Å². The van der Waals surface area contributed by atoms with Crippen molar-refractivity contribution in [1.29, 1.82) is 0 Å². The van der Waals surface area contributed by atoms with Crippen LogP contribution in [0.3, 0.4) is 0 Å². The van der Waals surface area contributed by atoms with Crippen molar-refractivity contribution in [3.63, 3.8) is 0 Å². The third kappa shape index (κ3) is 27.3. The van der Waals surface area contributed by atoms with Crippen molar-refractivity contribution in [3.05, 3.63) is 6.62 Å². The standard InChI is InChI=1S/CH2FIP.V/c1-4(2)3;/h1H2;/q-1;/i1T2;. The van der Waals surface area contributed by atoms with Gasteiger partial charge in [0.25, 0.3) is 0 Å². The molecule has 0 aliphatic heterocycles. The van der Waals surface area contributed by atoms with E-state index < -0.39 is 12.5 Å². The van der Waals surface area contributed by atoms with Crippen molar-refractivity contribution in [2.24, 2.45) is 0 Å². The summed E-state index contributed by atoms with van der Waals surface area (Å²) in [5.74, 6) is -1.94. The van der Waals surface area contributed by atoms with Gasteiger partial charge in [-0.1, -0.05) is 22.0 Å². The molecular weight excluding hydrogens is 240 g/mol. The molecule has 0 spiro atoms. The fourth-order valence-electron chi connectivity index (χ4n) is 0. The molecule has 0 rings (SSSR count). The van der Waals surface area contributed by atoms with E-state index in [2.05, 4.69) is 0 Å². The summed E-state index contributed by atoms with van der Waals surface area (Å²) in [6, 6.07) is 0. The van der Waals surface area contributed by atoms with E-state index in [9.17, 15) is 4.20 Å². The van der Waals surface area contributed by atoms with Gasteiger partial charge in [0.2, 0.25) is 0 Å². The first-order valence-corrected chi connectivity index (χ1v) is 4.58. The van der Waals surface area contributed by atoms with Gasteiger partial charge in [0.1, 0.15) is 0 Å². The molecule has 0 amide bonds. The maximum atomic E-state index is 11.5. The maximum absolute atomic E-state index is 11.5. The predicted octanol–water partition coefficient (Wildman–Crippen LogP) is 2.49. The monoisotopic (exact) mass is 246 g/mol. The third-order valence-electron chi connectivity index (χ3n) is 0. The van der Waals surface area contributed by atoms with Crippen LogP contribution in [0.1, 0.15) is 2.74 Å². The maximum Gasteiger partial charge on any atom is 0 e. The zero-order chi connectivity index (χ0) is 5.15. The van der Waals surface area contributed by atoms with Crippen LogP contribution in [0, 0.1) is 6.62 Å². The van der Waals surface area contributed by atoms with Crippen molar-refractivity contribution in [2.45, 2.75) is 0 Å². The summed E-state index contributed by atoms with van der Waals surface area (Å²) < 4.78 is 24.0. The van der Waals surface area contributed by atoms with Crippen LogP contribution in [0.5, 0.6) is 0 Å². The van der Waals surface area contributed by atoms with Crippen LogP contribution < -0.4 is 0 Å². The molecule has 5 heavy (non-hydrogen) atoms. The molecule has 0 aliphatic rings. The topological polar surface area (TPSA) is 0 Å². The van der Waals surface area contributed by atoms with Crippen LogP contribution in [-0.2, 0) is 18.6 Å². The predicted molar refractivity (Wildman–Crippen MR) is 27.4 cm³/mol. The van der Waals surface area contributed by atoms with Crippen LogP contribution in [0.25, 0.3) is 0 Å². The SMILES string of the molecule is [3H][C-]([3H])P(F)I.[V]. The third-order valence-corrected chi connectivity index (χ3v) is 0. The Labute approximate surface area is 60.0 Å². The molecular formula is CH2FIPV-. The second-order valence-electron chi connectivity index (χ2n) is 0.233. The molecule has 0 N–H and O–H groups in total. The Morgan fingerprint density at radius 2 is 2.40 bits per heavy atom. The molecule has 0 bridgehead atoms. The Hall–Kier alpha value is 1.67. The van der Waals surface area contributed by atoms with Crippen LogP contribution >= 0.6 is 27.9 Å². The first-order chi connectivity index (χ1) is 2.64. The van der Waals surface area contributed by atoms with Gasteiger partial charge in [-0.2, -0.15) is 0 Å². The van der Waals surface area contributed by atoms with E-state index >= 15 is 0 Å². The molecule has 0 aromatic carbocycles. The molecule has 4 heteroatoms. The van der Waals surface area contributed by atoms with Gasteiger partial charge in [-0.05, 0) is 5.87 Å². The number of hydrogen-bond acceptors (Lipinski definition) is 0. The molecule has 0 aromatic heterocycles. The summed E-state index contributed by atoms with van der Waals surface area (Å²) in [5.41, 5.74) is 0. The van der Waals surface area contributed by atoms with Gasteiger partial charge in [0.05, 0.1) is 0 Å². The second kappa shape index (κ2) is 5.67. The molecule has 0 heterocycles. The first kappa shape index (κ1) is 4.82. The number of rotatable bonds is 1. The van der Waals surface area contributed by atoms with E-state index in [0.717, 1.165) is 0 Å². The Balaban J connectivity index is 0. The van der Waals surface area contributed by atoms with Gasteiger partial charge in [0, 0.05) is 18.6 Å². The van der Waals surface area contributed by atoms with Crippen molar-refractivity contribution < 1.29 is 25.5 Å². The molecule has 1 atom stereocenters. The van der Waals surface area contributed by atoms with Gasteiger partial charge in [-0.15, -0.1) is 0 Å². The van der Waals surface area contributed by atoms with Crippen molar-refractivity contribution in [2.75, 3.05) is 0 Å². The minimum absolute atomic E-state index is 0. The van der Waals surface area contributed by atoms with Crippen LogP contribution in [0.4, 0.5) is 4.20 Å². The second-order valence-corrected chi connectivity index (χ2v) is 3.24. The largest absolute Gasteiger partial charge is 0.275 e. The smallest absolute Gasteiger partial charge is 0 e. The van der Waals surface area contributed by atoms with E-state index in [1.54, 1.807) is 0 Å². The molecule has 1 unspecified atom stereocenters. The van der Waals surface area contributed by atoms with Gasteiger partial charge in [0.15, 0.2) is 0 Å². The minimum atomic E-state index is -1.94. The quantitative estimate of drug-likeness (QED) is 0.378. The average molecular weight is 246 g/mol. The Kier molecular flexibility index (Phi) is 5.47. The summed E-state index contributed by atoms with van der Waals surface area (Å²) in [5, 5.41) is 0. The van der Waals surface area contributed by atoms with Gasteiger partial charge in [-0.3, -0.25) is 10.8 Å². The fraction of sp³-hybridized carbons (Fsp3) is 0. The van der Waals surface area contributed by atoms with Gasteiger partial charge >= 0.3 is 0 Å². The van der Waals surface area contributed by atoms with Crippen molar-refractivity contribution in [1.82, 2.24) is 0 Å². The normalized spacial score (nSPS) is 19.0. The van der Waals surface area contributed by atoms with E-state index in [-0.39, 0.29) is 18.6 Å². The molecule has 0 saturated heterocycles. The summed E-state index contributed by atoms with van der Waals surface area (Å²) in [6.45, 7) is -0.606. The molecule has 0 fully saturated rings. The van der Waals surface area contributed by atoms with E-state index in [1.807, 2.05) is 0 Å². The molecule has 0 aliphatic carbocycles. The molecule has 0 aromatic rings. The Morgan fingerprint density at radius 3 is 2.40 bits per heavy atom. The number of hydrogen-bond donors (Lipinski definition) is 0. The number of halogens is 2. The van der Waals surface area contributed by atoms with Gasteiger partial charge < -0.3 is 0 Å². The zero-order valence-corrected chi connectivity index (χ0v) is 6.60. The average Bonchev–Trinajstić information content (AvgIpc) is 1.36. The zero-order valence-electron chi connectivity index (χ0n) is 4.15. The first-order valence-electron chi connectivity index (χ1n) is 1.56. The molecule has 0 nitrogen and oxygen atoms in total. The summed E-state index contributed by atoms with van der Waals surface area (Å²) in [4.78, 5) is 0. The van der Waals surface area contributed by atoms with E-state index in [0.29, 0.717) is 0 Å². The minimum Gasteiger partial charge on any atom is -0.275 e. The molecule has 0 saturated carbocycles. The van der Waals surface area contributed by atoms with E-state index in [4.69, 9.17) is 2.74 Å². The van der Waals surface area contributed by atoms with Gasteiger partial charge in [-0.25, -0.2) is 2.74 Å². The molecule has 1 radical (unpaired) electrons. The summed E-state index contributed by atoms with van der Waals surface area (Å²) in [6.07, 6.45) is 0.